The minimum absolute atomic E-state index is 0.830. The fourth-order valence-electron chi connectivity index (χ4n) is 1.57. The molecule has 0 aliphatic rings. The van der Waals surface area contributed by atoms with E-state index in [9.17, 15) is 0 Å². The number of nitrogens with zero attached hydrogens (tertiary/aromatic N) is 2. The Hall–Kier alpha value is -1.55. The molecule has 2 N–H and O–H groups in total. The summed E-state index contributed by atoms with van der Waals surface area (Å²) in [4.78, 5) is 3.05. The van der Waals surface area contributed by atoms with Crippen molar-refractivity contribution in [2.45, 2.75) is 6.54 Å². The van der Waals surface area contributed by atoms with E-state index < -0.39 is 0 Å². The van der Waals surface area contributed by atoms with Crippen molar-refractivity contribution < 1.29 is 0 Å². The van der Waals surface area contributed by atoms with Crippen LogP contribution in [0.2, 0.25) is 0 Å². The van der Waals surface area contributed by atoms with Crippen LogP contribution < -0.4 is 5.32 Å². The summed E-state index contributed by atoms with van der Waals surface area (Å²) in [7, 11) is 3.90. The molecule has 2 heterocycles. The standard InChI is InChI=1S/C10H14N4/c1-11-7-10-9(6-13-14(10)2)8-3-4-12-5-8/h3-6,11-12H,7H2,1-2H3. The van der Waals surface area contributed by atoms with Gasteiger partial charge in [-0.1, -0.05) is 0 Å². The highest BCUT2D eigenvalue weighted by molar-refractivity contribution is 5.64. The zero-order valence-electron chi connectivity index (χ0n) is 8.41. The van der Waals surface area contributed by atoms with Crippen molar-refractivity contribution >= 4 is 0 Å². The maximum atomic E-state index is 4.25. The Morgan fingerprint density at radius 2 is 2.43 bits per heavy atom. The molecule has 0 aromatic carbocycles. The van der Waals surface area contributed by atoms with Gasteiger partial charge in [-0.3, -0.25) is 4.68 Å². The fourth-order valence-corrected chi connectivity index (χ4v) is 1.57. The molecule has 14 heavy (non-hydrogen) atoms. The zero-order valence-corrected chi connectivity index (χ0v) is 8.41. The predicted molar refractivity (Wildman–Crippen MR) is 55.8 cm³/mol. The number of aromatic amines is 1. The summed E-state index contributed by atoms with van der Waals surface area (Å²) in [5.41, 5.74) is 3.57. The Balaban J connectivity index is 2.43. The van der Waals surface area contributed by atoms with Crippen molar-refractivity contribution in [3.63, 3.8) is 0 Å². The zero-order chi connectivity index (χ0) is 9.97. The smallest absolute Gasteiger partial charge is 0.0597 e. The van der Waals surface area contributed by atoms with Crippen LogP contribution in [-0.2, 0) is 13.6 Å². The van der Waals surface area contributed by atoms with Gasteiger partial charge in [0.1, 0.15) is 0 Å². The first-order valence-electron chi connectivity index (χ1n) is 4.61. The lowest BCUT2D eigenvalue weighted by Gasteiger charge is -2.03. The van der Waals surface area contributed by atoms with Gasteiger partial charge in [0.25, 0.3) is 0 Å². The Kier molecular flexibility index (Phi) is 2.37. The van der Waals surface area contributed by atoms with E-state index >= 15 is 0 Å². The van der Waals surface area contributed by atoms with Crippen molar-refractivity contribution in [1.29, 1.82) is 0 Å². The highest BCUT2D eigenvalue weighted by Gasteiger charge is 2.09. The SMILES string of the molecule is CNCc1c(-c2cc[nH]c2)cnn1C. The van der Waals surface area contributed by atoms with E-state index in [1.807, 2.05) is 37.4 Å². The van der Waals surface area contributed by atoms with E-state index in [0.29, 0.717) is 0 Å². The van der Waals surface area contributed by atoms with Crippen molar-refractivity contribution in [3.8, 4) is 11.1 Å². The van der Waals surface area contributed by atoms with Crippen LogP contribution >= 0.6 is 0 Å². The quantitative estimate of drug-likeness (QED) is 0.762. The van der Waals surface area contributed by atoms with Gasteiger partial charge >= 0.3 is 0 Å². The summed E-state index contributed by atoms with van der Waals surface area (Å²) in [5, 5.41) is 7.40. The first-order chi connectivity index (χ1) is 6.83. The van der Waals surface area contributed by atoms with Crippen LogP contribution in [-0.4, -0.2) is 21.8 Å². The molecule has 0 saturated heterocycles. The molecule has 0 radical (unpaired) electrons. The number of H-pyrrole nitrogens is 1. The Morgan fingerprint density at radius 3 is 3.07 bits per heavy atom. The molecule has 0 saturated carbocycles. The maximum absolute atomic E-state index is 4.25. The van der Waals surface area contributed by atoms with Crippen LogP contribution in [0.3, 0.4) is 0 Å². The summed E-state index contributed by atoms with van der Waals surface area (Å²) in [6, 6.07) is 2.05. The second-order valence-corrected chi connectivity index (χ2v) is 3.26. The summed E-state index contributed by atoms with van der Waals surface area (Å²) >= 11 is 0. The maximum Gasteiger partial charge on any atom is 0.0597 e. The van der Waals surface area contributed by atoms with E-state index in [1.165, 1.54) is 16.8 Å². The molecule has 0 fully saturated rings. The fraction of sp³-hybridized carbons (Fsp3) is 0.300. The summed E-state index contributed by atoms with van der Waals surface area (Å²) in [6.45, 7) is 0.830. The van der Waals surface area contributed by atoms with Crippen LogP contribution in [0.25, 0.3) is 11.1 Å². The molecule has 4 nitrogen and oxygen atoms in total. The van der Waals surface area contributed by atoms with Crippen LogP contribution in [0.15, 0.2) is 24.7 Å². The number of rotatable bonds is 3. The number of hydrogen-bond donors (Lipinski definition) is 2. The third-order valence-electron chi connectivity index (χ3n) is 2.31. The van der Waals surface area contributed by atoms with Crippen molar-refractivity contribution in [2.24, 2.45) is 7.05 Å². The number of aromatic nitrogens is 3. The Labute approximate surface area is 82.9 Å². The molecule has 0 atom stereocenters. The molecule has 2 rings (SSSR count). The number of nitrogens with one attached hydrogen (secondary N) is 2. The van der Waals surface area contributed by atoms with Gasteiger partial charge in [0.15, 0.2) is 0 Å². The van der Waals surface area contributed by atoms with Gasteiger partial charge in [-0.05, 0) is 13.1 Å². The minimum Gasteiger partial charge on any atom is -0.367 e. The molecule has 0 unspecified atom stereocenters. The molecule has 2 aromatic heterocycles. The molecular weight excluding hydrogens is 176 g/mol. The predicted octanol–water partition coefficient (Wildman–Crippen LogP) is 1.13. The molecule has 74 valence electrons. The molecule has 0 aliphatic heterocycles. The minimum atomic E-state index is 0.830. The number of hydrogen-bond acceptors (Lipinski definition) is 2. The average Bonchev–Trinajstić information content (AvgIpc) is 2.77. The van der Waals surface area contributed by atoms with Gasteiger partial charge in [-0.25, -0.2) is 0 Å². The largest absolute Gasteiger partial charge is 0.367 e. The Morgan fingerprint density at radius 1 is 1.57 bits per heavy atom. The van der Waals surface area contributed by atoms with Crippen LogP contribution in [0.1, 0.15) is 5.69 Å². The monoisotopic (exact) mass is 190 g/mol. The highest BCUT2D eigenvalue weighted by atomic mass is 15.3. The van der Waals surface area contributed by atoms with Gasteiger partial charge in [-0.15, -0.1) is 0 Å². The molecule has 0 spiro atoms. The molecule has 0 amide bonds. The lowest BCUT2D eigenvalue weighted by molar-refractivity contribution is 0.673. The second-order valence-electron chi connectivity index (χ2n) is 3.26. The van der Waals surface area contributed by atoms with E-state index in [1.54, 1.807) is 0 Å². The van der Waals surface area contributed by atoms with E-state index in [2.05, 4.69) is 21.5 Å². The van der Waals surface area contributed by atoms with Gasteiger partial charge in [0.2, 0.25) is 0 Å². The van der Waals surface area contributed by atoms with Crippen LogP contribution in [0.5, 0.6) is 0 Å². The van der Waals surface area contributed by atoms with Crippen LogP contribution in [0, 0.1) is 0 Å². The topological polar surface area (TPSA) is 45.6 Å². The molecule has 4 heteroatoms. The van der Waals surface area contributed by atoms with Crippen molar-refractivity contribution in [2.75, 3.05) is 7.05 Å². The first kappa shape index (κ1) is 9.02. The third-order valence-corrected chi connectivity index (χ3v) is 2.31. The first-order valence-corrected chi connectivity index (χ1v) is 4.61. The van der Waals surface area contributed by atoms with Crippen LogP contribution in [0.4, 0.5) is 0 Å². The third kappa shape index (κ3) is 1.44. The summed E-state index contributed by atoms with van der Waals surface area (Å²) in [5.74, 6) is 0. The number of aryl methyl sites for hydroxylation is 1. The molecule has 2 aromatic rings. The average molecular weight is 190 g/mol. The van der Waals surface area contributed by atoms with E-state index in [4.69, 9.17) is 0 Å². The van der Waals surface area contributed by atoms with Gasteiger partial charge in [-0.2, -0.15) is 5.10 Å². The lowest BCUT2D eigenvalue weighted by atomic mass is 10.1. The second kappa shape index (κ2) is 3.67. The van der Waals surface area contributed by atoms with Crippen molar-refractivity contribution in [1.82, 2.24) is 20.1 Å². The summed E-state index contributed by atoms with van der Waals surface area (Å²) in [6.07, 6.45) is 5.80. The van der Waals surface area contributed by atoms with Gasteiger partial charge in [0, 0.05) is 37.1 Å². The lowest BCUT2D eigenvalue weighted by Crippen LogP contribution is -2.10. The van der Waals surface area contributed by atoms with Gasteiger partial charge in [0.05, 0.1) is 11.9 Å². The van der Waals surface area contributed by atoms with E-state index in [-0.39, 0.29) is 0 Å². The molecular formula is C10H14N4. The molecule has 0 aliphatic carbocycles. The highest BCUT2D eigenvalue weighted by Crippen LogP contribution is 2.22. The Bertz CT molecular complexity index is 400. The summed E-state index contributed by atoms with van der Waals surface area (Å²) < 4.78 is 1.90. The molecule has 0 bridgehead atoms. The normalized spacial score (nSPS) is 10.7. The van der Waals surface area contributed by atoms with Crippen molar-refractivity contribution in [3.05, 3.63) is 30.4 Å². The van der Waals surface area contributed by atoms with E-state index in [0.717, 1.165) is 6.54 Å². The van der Waals surface area contributed by atoms with Gasteiger partial charge < -0.3 is 10.3 Å².